The summed E-state index contributed by atoms with van der Waals surface area (Å²) < 4.78 is 0.857. The van der Waals surface area contributed by atoms with Crippen molar-refractivity contribution in [3.8, 4) is 0 Å². The van der Waals surface area contributed by atoms with Crippen LogP contribution in [0.3, 0.4) is 0 Å². The Kier molecular flexibility index (Phi) is 5.71. The van der Waals surface area contributed by atoms with Crippen molar-refractivity contribution in [1.82, 2.24) is 4.90 Å². The van der Waals surface area contributed by atoms with Crippen molar-refractivity contribution in [2.45, 2.75) is 38.1 Å². The molecule has 0 saturated heterocycles. The maximum atomic E-state index is 12.7. The fraction of sp³-hybridized carbons (Fsp3) is 0.533. The lowest BCUT2D eigenvalue weighted by atomic mass is 9.93. The second-order valence-electron chi connectivity index (χ2n) is 4.96. The minimum absolute atomic E-state index is 0.0972. The molecule has 2 nitrogen and oxygen atoms in total. The molecule has 2 rings (SSSR count). The first-order valence-electron chi connectivity index (χ1n) is 6.85. The third kappa shape index (κ3) is 3.73. The quantitative estimate of drug-likeness (QED) is 0.738. The molecule has 19 heavy (non-hydrogen) atoms. The van der Waals surface area contributed by atoms with Crippen molar-refractivity contribution < 1.29 is 4.79 Å². The second-order valence-corrected chi connectivity index (χ2v) is 6.19. The molecule has 0 bridgehead atoms. The zero-order valence-electron chi connectivity index (χ0n) is 10.9. The van der Waals surface area contributed by atoms with Gasteiger partial charge < -0.3 is 4.90 Å². The van der Waals surface area contributed by atoms with Gasteiger partial charge in [-0.25, -0.2) is 0 Å². The minimum atomic E-state index is 0.0972. The summed E-state index contributed by atoms with van der Waals surface area (Å²) in [5, 5.41) is 0. The summed E-state index contributed by atoms with van der Waals surface area (Å²) in [5.74, 6) is 0.590. The Hall–Kier alpha value is -0.540. The van der Waals surface area contributed by atoms with E-state index >= 15 is 0 Å². The van der Waals surface area contributed by atoms with Crippen LogP contribution in [0.15, 0.2) is 28.7 Å². The van der Waals surface area contributed by atoms with Crippen LogP contribution >= 0.6 is 27.5 Å². The fourth-order valence-electron chi connectivity index (χ4n) is 2.72. The van der Waals surface area contributed by atoms with E-state index in [0.717, 1.165) is 22.9 Å². The number of amides is 1. The summed E-state index contributed by atoms with van der Waals surface area (Å²) in [7, 11) is 0. The van der Waals surface area contributed by atoms with E-state index in [2.05, 4.69) is 15.9 Å². The van der Waals surface area contributed by atoms with Gasteiger partial charge in [-0.1, -0.05) is 31.4 Å². The average molecular weight is 345 g/mol. The fourth-order valence-corrected chi connectivity index (χ4v) is 3.36. The predicted octanol–water partition coefficient (Wildman–Crippen LogP) is 4.46. The molecule has 1 amide bonds. The molecule has 0 spiro atoms. The first kappa shape index (κ1) is 14.9. The van der Waals surface area contributed by atoms with Crippen molar-refractivity contribution in [2.75, 3.05) is 12.4 Å². The summed E-state index contributed by atoms with van der Waals surface area (Å²) in [5.41, 5.74) is 0.734. The van der Waals surface area contributed by atoms with Crippen LogP contribution in [0.4, 0.5) is 0 Å². The summed E-state index contributed by atoms with van der Waals surface area (Å²) in [6, 6.07) is 7.96. The van der Waals surface area contributed by atoms with Gasteiger partial charge in [0.1, 0.15) is 0 Å². The maximum absolute atomic E-state index is 12.7. The van der Waals surface area contributed by atoms with Crippen LogP contribution in [0.25, 0.3) is 0 Å². The van der Waals surface area contributed by atoms with Crippen LogP contribution in [-0.4, -0.2) is 29.3 Å². The number of carbonyl (C=O) groups is 1. The van der Waals surface area contributed by atoms with Crippen LogP contribution in [0.2, 0.25) is 0 Å². The molecular formula is C15H19BrClNO. The maximum Gasteiger partial charge on any atom is 0.255 e. The van der Waals surface area contributed by atoms with Crippen molar-refractivity contribution in [3.63, 3.8) is 0 Å². The molecule has 0 heterocycles. The SMILES string of the molecule is O=C(c1ccccc1Br)N(CCCl)C1CCCCC1. The van der Waals surface area contributed by atoms with Gasteiger partial charge in [0.05, 0.1) is 5.56 Å². The molecule has 0 aliphatic heterocycles. The van der Waals surface area contributed by atoms with E-state index in [1.54, 1.807) is 0 Å². The third-order valence-electron chi connectivity index (χ3n) is 3.71. The molecule has 1 fully saturated rings. The number of hydrogen-bond acceptors (Lipinski definition) is 1. The third-order valence-corrected chi connectivity index (χ3v) is 4.57. The molecule has 4 heteroatoms. The monoisotopic (exact) mass is 343 g/mol. The van der Waals surface area contributed by atoms with Crippen LogP contribution in [-0.2, 0) is 0 Å². The molecular weight excluding hydrogens is 326 g/mol. The Balaban J connectivity index is 2.18. The van der Waals surface area contributed by atoms with Gasteiger partial charge in [0.2, 0.25) is 0 Å². The molecule has 0 aromatic heterocycles. The molecule has 1 aliphatic rings. The lowest BCUT2D eigenvalue weighted by molar-refractivity contribution is 0.0649. The standard InChI is InChI=1S/C15H19BrClNO/c16-14-9-5-4-8-13(14)15(19)18(11-10-17)12-6-2-1-3-7-12/h4-5,8-9,12H,1-3,6-7,10-11H2. The summed E-state index contributed by atoms with van der Waals surface area (Å²) >= 11 is 9.34. The molecule has 1 aliphatic carbocycles. The molecule has 1 saturated carbocycles. The second kappa shape index (κ2) is 7.30. The Morgan fingerprint density at radius 3 is 2.58 bits per heavy atom. The highest BCUT2D eigenvalue weighted by Gasteiger charge is 2.26. The lowest BCUT2D eigenvalue weighted by Gasteiger charge is -2.34. The Bertz CT molecular complexity index is 432. The average Bonchev–Trinajstić information content (AvgIpc) is 2.45. The van der Waals surface area contributed by atoms with E-state index in [1.165, 1.54) is 19.3 Å². The first-order chi connectivity index (χ1) is 9.24. The normalized spacial score (nSPS) is 16.3. The van der Waals surface area contributed by atoms with Crippen molar-refractivity contribution in [3.05, 3.63) is 34.3 Å². The largest absolute Gasteiger partial charge is 0.334 e. The first-order valence-corrected chi connectivity index (χ1v) is 8.18. The van der Waals surface area contributed by atoms with Crippen molar-refractivity contribution >= 4 is 33.4 Å². The van der Waals surface area contributed by atoms with Gasteiger partial charge in [0, 0.05) is 22.9 Å². The summed E-state index contributed by atoms with van der Waals surface area (Å²) in [6.07, 6.45) is 5.92. The van der Waals surface area contributed by atoms with Crippen LogP contribution in [0.5, 0.6) is 0 Å². The zero-order valence-corrected chi connectivity index (χ0v) is 13.3. The lowest BCUT2D eigenvalue weighted by Crippen LogP contribution is -2.42. The highest BCUT2D eigenvalue weighted by molar-refractivity contribution is 9.10. The molecule has 0 unspecified atom stereocenters. The Morgan fingerprint density at radius 1 is 1.26 bits per heavy atom. The number of hydrogen-bond donors (Lipinski definition) is 0. The minimum Gasteiger partial charge on any atom is -0.334 e. The number of alkyl halides is 1. The van der Waals surface area contributed by atoms with Gasteiger partial charge in [-0.15, -0.1) is 11.6 Å². The predicted molar refractivity (Wildman–Crippen MR) is 82.8 cm³/mol. The van der Waals surface area contributed by atoms with Crippen LogP contribution < -0.4 is 0 Å². The van der Waals surface area contributed by atoms with Gasteiger partial charge >= 0.3 is 0 Å². The summed E-state index contributed by atoms with van der Waals surface area (Å²) in [4.78, 5) is 14.7. The van der Waals surface area contributed by atoms with E-state index in [9.17, 15) is 4.79 Å². The van der Waals surface area contributed by atoms with Gasteiger partial charge in [0.15, 0.2) is 0 Å². The molecule has 0 N–H and O–H groups in total. The van der Waals surface area contributed by atoms with E-state index < -0.39 is 0 Å². The topological polar surface area (TPSA) is 20.3 Å². The smallest absolute Gasteiger partial charge is 0.255 e. The van der Waals surface area contributed by atoms with E-state index in [0.29, 0.717) is 18.5 Å². The Morgan fingerprint density at radius 2 is 1.95 bits per heavy atom. The van der Waals surface area contributed by atoms with Crippen LogP contribution in [0.1, 0.15) is 42.5 Å². The van der Waals surface area contributed by atoms with Crippen LogP contribution in [0, 0.1) is 0 Å². The van der Waals surface area contributed by atoms with Gasteiger partial charge in [0.25, 0.3) is 5.91 Å². The van der Waals surface area contributed by atoms with Gasteiger partial charge in [-0.05, 0) is 40.9 Å². The van der Waals surface area contributed by atoms with E-state index in [-0.39, 0.29) is 5.91 Å². The molecule has 1 aromatic carbocycles. The highest BCUT2D eigenvalue weighted by Crippen LogP contribution is 2.26. The number of carbonyl (C=O) groups excluding carboxylic acids is 1. The number of benzene rings is 1. The van der Waals surface area contributed by atoms with Crippen molar-refractivity contribution in [1.29, 1.82) is 0 Å². The number of nitrogens with zero attached hydrogens (tertiary/aromatic N) is 1. The van der Waals surface area contributed by atoms with Gasteiger partial charge in [-0.3, -0.25) is 4.79 Å². The molecule has 104 valence electrons. The molecule has 1 aromatic rings. The zero-order chi connectivity index (χ0) is 13.7. The number of halogens is 2. The van der Waals surface area contributed by atoms with E-state index in [4.69, 9.17) is 11.6 Å². The molecule has 0 atom stereocenters. The highest BCUT2D eigenvalue weighted by atomic mass is 79.9. The Labute approximate surface area is 128 Å². The van der Waals surface area contributed by atoms with E-state index in [1.807, 2.05) is 29.2 Å². The summed E-state index contributed by atoms with van der Waals surface area (Å²) in [6.45, 7) is 0.631. The van der Waals surface area contributed by atoms with Gasteiger partial charge in [-0.2, -0.15) is 0 Å². The molecule has 0 radical (unpaired) electrons. The van der Waals surface area contributed by atoms with Crippen molar-refractivity contribution in [2.24, 2.45) is 0 Å². The number of rotatable bonds is 4.